The van der Waals surface area contributed by atoms with Crippen molar-refractivity contribution in [3.63, 3.8) is 0 Å². The van der Waals surface area contributed by atoms with Crippen LogP contribution in [0.2, 0.25) is 0 Å². The van der Waals surface area contributed by atoms with Crippen molar-refractivity contribution in [2.24, 2.45) is 5.92 Å². The van der Waals surface area contributed by atoms with Gasteiger partial charge in [-0.25, -0.2) is 0 Å². The van der Waals surface area contributed by atoms with Crippen LogP contribution in [-0.2, 0) is 4.79 Å². The van der Waals surface area contributed by atoms with Gasteiger partial charge in [-0.05, 0) is 26.7 Å². The largest absolute Gasteiger partial charge is 0.383 e. The van der Waals surface area contributed by atoms with Crippen LogP contribution in [0.3, 0.4) is 0 Å². The summed E-state index contributed by atoms with van der Waals surface area (Å²) >= 11 is 0. The Morgan fingerprint density at radius 2 is 1.59 bits per heavy atom. The topological polar surface area (TPSA) is 37.3 Å². The van der Waals surface area contributed by atoms with Crippen LogP contribution in [0.1, 0.15) is 79.1 Å². The quantitative estimate of drug-likeness (QED) is 0.585. The van der Waals surface area contributed by atoms with Crippen molar-refractivity contribution < 1.29 is 9.90 Å². The van der Waals surface area contributed by atoms with Gasteiger partial charge in [-0.2, -0.15) is 0 Å². The molecule has 0 aliphatic heterocycles. The molecule has 0 aromatic carbocycles. The van der Waals surface area contributed by atoms with Crippen LogP contribution in [0, 0.1) is 5.92 Å². The maximum Gasteiger partial charge on any atom is 0.166 e. The highest BCUT2D eigenvalue weighted by Crippen LogP contribution is 2.21. The first-order valence-corrected chi connectivity index (χ1v) is 7.20. The Hall–Kier alpha value is -0.370. The maximum atomic E-state index is 11.9. The number of hydrogen-bond acceptors (Lipinski definition) is 2. The lowest BCUT2D eigenvalue weighted by Gasteiger charge is -2.22. The van der Waals surface area contributed by atoms with E-state index in [1.165, 1.54) is 32.1 Å². The molecule has 0 aromatic rings. The molecule has 1 atom stereocenters. The van der Waals surface area contributed by atoms with Gasteiger partial charge in [-0.3, -0.25) is 4.79 Å². The number of hydrogen-bond donors (Lipinski definition) is 1. The molecule has 2 nitrogen and oxygen atoms in total. The number of aliphatic hydroxyl groups is 1. The SMILES string of the molecule is CCCCCCCCC(CC)C(=O)C(C)(C)O. The van der Waals surface area contributed by atoms with Crippen LogP contribution in [0.15, 0.2) is 0 Å². The minimum Gasteiger partial charge on any atom is -0.383 e. The second-order valence-electron chi connectivity index (χ2n) is 5.58. The monoisotopic (exact) mass is 242 g/mol. The molecule has 0 spiro atoms. The van der Waals surface area contributed by atoms with Gasteiger partial charge in [0.25, 0.3) is 0 Å². The maximum absolute atomic E-state index is 11.9. The predicted molar refractivity (Wildman–Crippen MR) is 73.1 cm³/mol. The predicted octanol–water partition coefficient (Wildman–Crippen LogP) is 4.10. The Morgan fingerprint density at radius 3 is 2.06 bits per heavy atom. The van der Waals surface area contributed by atoms with Gasteiger partial charge >= 0.3 is 0 Å². The van der Waals surface area contributed by atoms with E-state index in [1.807, 2.05) is 6.92 Å². The zero-order chi connectivity index (χ0) is 13.3. The summed E-state index contributed by atoms with van der Waals surface area (Å²) < 4.78 is 0. The number of carbonyl (C=O) groups excluding carboxylic acids is 1. The van der Waals surface area contributed by atoms with Crippen molar-refractivity contribution in [2.45, 2.75) is 84.7 Å². The van der Waals surface area contributed by atoms with E-state index < -0.39 is 5.60 Å². The summed E-state index contributed by atoms with van der Waals surface area (Å²) in [5, 5.41) is 9.71. The lowest BCUT2D eigenvalue weighted by atomic mass is 9.86. The van der Waals surface area contributed by atoms with Crippen LogP contribution in [0.25, 0.3) is 0 Å². The lowest BCUT2D eigenvalue weighted by molar-refractivity contribution is -0.138. The third-order valence-electron chi connectivity index (χ3n) is 3.37. The van der Waals surface area contributed by atoms with E-state index in [0.717, 1.165) is 19.3 Å². The summed E-state index contributed by atoms with van der Waals surface area (Å²) in [7, 11) is 0. The average molecular weight is 242 g/mol. The van der Waals surface area contributed by atoms with Crippen LogP contribution in [-0.4, -0.2) is 16.5 Å². The molecule has 0 bridgehead atoms. The molecule has 0 fully saturated rings. The second-order valence-corrected chi connectivity index (χ2v) is 5.58. The van der Waals surface area contributed by atoms with Gasteiger partial charge in [0, 0.05) is 5.92 Å². The fourth-order valence-electron chi connectivity index (χ4n) is 2.19. The summed E-state index contributed by atoms with van der Waals surface area (Å²) in [6.07, 6.45) is 9.30. The zero-order valence-corrected chi connectivity index (χ0v) is 12.1. The normalized spacial score (nSPS) is 13.7. The number of ketones is 1. The highest BCUT2D eigenvalue weighted by molar-refractivity contribution is 5.88. The fourth-order valence-corrected chi connectivity index (χ4v) is 2.19. The molecule has 0 amide bonds. The summed E-state index contributed by atoms with van der Waals surface area (Å²) in [6.45, 7) is 7.44. The molecule has 102 valence electrons. The first kappa shape index (κ1) is 16.6. The molecule has 2 heteroatoms. The molecule has 1 N–H and O–H groups in total. The Kier molecular flexibility index (Phi) is 8.49. The Labute approximate surface area is 107 Å². The number of rotatable bonds is 10. The molecular formula is C15H30O2. The Bertz CT molecular complexity index is 203. The molecule has 1 unspecified atom stereocenters. The molecule has 0 heterocycles. The van der Waals surface area contributed by atoms with Crippen LogP contribution in [0.5, 0.6) is 0 Å². The van der Waals surface area contributed by atoms with Gasteiger partial charge in [-0.1, -0.05) is 52.4 Å². The standard InChI is InChI=1S/C15H30O2/c1-5-7-8-9-10-11-12-13(6-2)14(16)15(3,4)17/h13,17H,5-12H2,1-4H3. The van der Waals surface area contributed by atoms with E-state index in [9.17, 15) is 9.90 Å². The first-order valence-electron chi connectivity index (χ1n) is 7.20. The van der Waals surface area contributed by atoms with Gasteiger partial charge < -0.3 is 5.11 Å². The average Bonchev–Trinajstić information content (AvgIpc) is 2.26. The van der Waals surface area contributed by atoms with Crippen LogP contribution in [0.4, 0.5) is 0 Å². The van der Waals surface area contributed by atoms with Crippen molar-refractivity contribution in [2.75, 3.05) is 0 Å². The van der Waals surface area contributed by atoms with Crippen molar-refractivity contribution >= 4 is 5.78 Å². The molecule has 17 heavy (non-hydrogen) atoms. The van der Waals surface area contributed by atoms with Gasteiger partial charge in [0.05, 0.1) is 0 Å². The smallest absolute Gasteiger partial charge is 0.166 e. The molecular weight excluding hydrogens is 212 g/mol. The number of Topliss-reactive ketones (excluding diaryl/α,β-unsaturated/α-hetero) is 1. The Morgan fingerprint density at radius 1 is 1.06 bits per heavy atom. The van der Waals surface area contributed by atoms with Crippen LogP contribution < -0.4 is 0 Å². The van der Waals surface area contributed by atoms with Gasteiger partial charge in [-0.15, -0.1) is 0 Å². The highest BCUT2D eigenvalue weighted by Gasteiger charge is 2.29. The summed E-state index contributed by atoms with van der Waals surface area (Å²) in [5.74, 6) is 0.0507. The second kappa shape index (κ2) is 8.68. The zero-order valence-electron chi connectivity index (χ0n) is 12.1. The van der Waals surface area contributed by atoms with E-state index in [2.05, 4.69) is 6.92 Å². The van der Waals surface area contributed by atoms with Crippen molar-refractivity contribution in [3.8, 4) is 0 Å². The molecule has 0 saturated carbocycles. The minimum absolute atomic E-state index is 0.00792. The molecule has 0 aromatic heterocycles. The van der Waals surface area contributed by atoms with E-state index >= 15 is 0 Å². The van der Waals surface area contributed by atoms with Gasteiger partial charge in [0.15, 0.2) is 5.78 Å². The summed E-state index contributed by atoms with van der Waals surface area (Å²) in [6, 6.07) is 0. The third-order valence-corrected chi connectivity index (χ3v) is 3.37. The minimum atomic E-state index is -1.16. The fraction of sp³-hybridized carbons (Fsp3) is 0.933. The van der Waals surface area contributed by atoms with Gasteiger partial charge in [0.1, 0.15) is 5.60 Å². The van der Waals surface area contributed by atoms with Crippen LogP contribution >= 0.6 is 0 Å². The van der Waals surface area contributed by atoms with E-state index in [-0.39, 0.29) is 11.7 Å². The Balaban J connectivity index is 3.80. The molecule has 0 aliphatic rings. The number of unbranched alkanes of at least 4 members (excludes halogenated alkanes) is 5. The van der Waals surface area contributed by atoms with Gasteiger partial charge in [0.2, 0.25) is 0 Å². The van der Waals surface area contributed by atoms with Crippen molar-refractivity contribution in [3.05, 3.63) is 0 Å². The van der Waals surface area contributed by atoms with E-state index in [1.54, 1.807) is 13.8 Å². The van der Waals surface area contributed by atoms with E-state index in [4.69, 9.17) is 0 Å². The number of carbonyl (C=O) groups is 1. The van der Waals surface area contributed by atoms with Crippen molar-refractivity contribution in [1.29, 1.82) is 0 Å². The van der Waals surface area contributed by atoms with E-state index in [0.29, 0.717) is 0 Å². The molecule has 0 rings (SSSR count). The summed E-state index contributed by atoms with van der Waals surface area (Å²) in [5.41, 5.74) is -1.16. The summed E-state index contributed by atoms with van der Waals surface area (Å²) in [4.78, 5) is 11.9. The van der Waals surface area contributed by atoms with Crippen molar-refractivity contribution in [1.82, 2.24) is 0 Å². The highest BCUT2D eigenvalue weighted by atomic mass is 16.3. The molecule has 0 aliphatic carbocycles. The third kappa shape index (κ3) is 7.54. The first-order chi connectivity index (χ1) is 7.93. The lowest BCUT2D eigenvalue weighted by Crippen LogP contribution is -2.36. The molecule has 0 saturated heterocycles. The molecule has 0 radical (unpaired) electrons.